The molecule has 0 spiro atoms. The summed E-state index contributed by atoms with van der Waals surface area (Å²) >= 11 is 0. The summed E-state index contributed by atoms with van der Waals surface area (Å²) < 4.78 is 149. The van der Waals surface area contributed by atoms with E-state index in [1.807, 2.05) is 0 Å². The third-order valence-electron chi connectivity index (χ3n) is 9.75. The van der Waals surface area contributed by atoms with E-state index in [1.165, 1.54) is 97.1 Å². The van der Waals surface area contributed by atoms with Crippen molar-refractivity contribution < 1.29 is 61.9 Å². The zero-order valence-corrected chi connectivity index (χ0v) is 30.7. The molecular weight excluding hydrogens is 823 g/mol. The maximum atomic E-state index is 13.3. The maximum Gasteiger partial charge on any atom is 0.473 e. The minimum Gasteiger partial charge on any atom is -0.323 e. The summed E-state index contributed by atoms with van der Waals surface area (Å²) in [6, 6.07) is 20.9. The zero-order chi connectivity index (χ0) is 42.6. The Kier molecular flexibility index (Phi) is 10.3. The molecule has 2 amide bonds. The molecule has 22 heteroatoms. The number of halogens is 6. The maximum absolute atomic E-state index is 13.3. The van der Waals surface area contributed by atoms with E-state index < -0.39 is 89.6 Å². The third-order valence-corrected chi connectivity index (χ3v) is 12.7. The van der Waals surface area contributed by atoms with Crippen molar-refractivity contribution in [3.63, 3.8) is 0 Å². The Labute approximate surface area is 324 Å². The number of hydrogen-bond donors (Lipinski definition) is 4. The van der Waals surface area contributed by atoms with Crippen LogP contribution in [0.4, 0.5) is 26.3 Å². The molecule has 0 aliphatic heterocycles. The Hall–Kier alpha value is -6.10. The number of alkyl halides is 6. The van der Waals surface area contributed by atoms with Crippen LogP contribution in [0, 0.1) is 0 Å². The van der Waals surface area contributed by atoms with Gasteiger partial charge < -0.3 is 11.7 Å². The van der Waals surface area contributed by atoms with Crippen LogP contribution in [0.2, 0.25) is 0 Å². The van der Waals surface area contributed by atoms with Crippen LogP contribution in [0.1, 0.15) is 46.2 Å². The van der Waals surface area contributed by atoms with Gasteiger partial charge in [-0.05, 0) is 33.4 Å². The highest BCUT2D eigenvalue weighted by Crippen LogP contribution is 2.48. The van der Waals surface area contributed by atoms with Crippen LogP contribution < -0.4 is 11.7 Å². The van der Waals surface area contributed by atoms with E-state index in [0.29, 0.717) is 11.1 Å². The number of benzene rings is 4. The van der Waals surface area contributed by atoms with Crippen LogP contribution in [-0.4, -0.2) is 73.0 Å². The third kappa shape index (κ3) is 6.86. The van der Waals surface area contributed by atoms with Gasteiger partial charge in [0.1, 0.15) is 0 Å². The van der Waals surface area contributed by atoms with Gasteiger partial charge in [0.25, 0.3) is 20.2 Å². The number of fused-ring (bicyclic) bond motifs is 2. The predicted molar refractivity (Wildman–Crippen MR) is 197 cm³/mol. The van der Waals surface area contributed by atoms with Crippen molar-refractivity contribution in [3.05, 3.63) is 130 Å². The number of carbonyl (C=O) groups excluding carboxylic acids is 2. The fraction of sp³-hybridized carbons (Fsp3) is 0.167. The normalized spacial score (nSPS) is 22.8. The summed E-state index contributed by atoms with van der Waals surface area (Å²) in [7, 11) is -10.4. The Morgan fingerprint density at radius 3 is 1.14 bits per heavy atom. The van der Waals surface area contributed by atoms with Crippen molar-refractivity contribution >= 4 is 54.9 Å². The average molecular weight is 849 g/mol. The van der Waals surface area contributed by atoms with Crippen LogP contribution in [0.3, 0.4) is 0 Å². The number of carbonyl (C=O) groups is 2. The van der Waals surface area contributed by atoms with Crippen molar-refractivity contribution in [1.29, 1.82) is 0 Å². The Balaban J connectivity index is 1.45. The Morgan fingerprint density at radius 1 is 0.552 bits per heavy atom. The van der Waals surface area contributed by atoms with E-state index in [1.54, 1.807) is 0 Å². The number of hydrogen-bond acceptors (Lipinski definition) is 10. The number of hydrazone groups is 2. The van der Waals surface area contributed by atoms with E-state index in [-0.39, 0.29) is 33.4 Å². The van der Waals surface area contributed by atoms with E-state index in [9.17, 15) is 61.9 Å². The first-order valence-electron chi connectivity index (χ1n) is 16.3. The minimum atomic E-state index is -5.39. The molecule has 0 bridgehead atoms. The molecule has 2 atom stereocenters. The van der Waals surface area contributed by atoms with Crippen LogP contribution in [-0.2, 0) is 39.3 Å². The highest BCUT2D eigenvalue weighted by atomic mass is 32.2. The first-order chi connectivity index (χ1) is 27.0. The number of aliphatic imine (C=N–C) groups is 2. The van der Waals surface area contributed by atoms with Crippen LogP contribution in [0.15, 0.2) is 117 Å². The van der Waals surface area contributed by atoms with Gasteiger partial charge in [-0.3, -0.25) is 18.7 Å². The highest BCUT2D eigenvalue weighted by Gasteiger charge is 2.55. The summed E-state index contributed by atoms with van der Waals surface area (Å²) in [6.45, 7) is 0. The molecule has 0 aromatic heterocycles. The van der Waals surface area contributed by atoms with E-state index in [2.05, 4.69) is 20.2 Å². The lowest BCUT2D eigenvalue weighted by molar-refractivity contribution is -0.169. The van der Waals surface area contributed by atoms with Gasteiger partial charge in [0.2, 0.25) is 0 Å². The summed E-state index contributed by atoms with van der Waals surface area (Å²) in [6.07, 6.45) is -12.5. The molecule has 302 valence electrons. The summed E-state index contributed by atoms with van der Waals surface area (Å²) in [5.41, 5.74) is -2.91. The van der Waals surface area contributed by atoms with Gasteiger partial charge >= 0.3 is 24.2 Å². The van der Waals surface area contributed by atoms with Crippen LogP contribution in [0.25, 0.3) is 11.1 Å². The zero-order valence-electron chi connectivity index (χ0n) is 29.0. The standard InChI is InChI=1S/C36H26F6N6O8S2/c37-35(38,39)31(49)45-29-23-5-1-3-7-25(23)33(57(51,52)53,17-27(29)47-43)21-13-9-19(10-14-21)20-11-15-22(16-12-20)34(58(54,55)56)18-28(48-44)30(46-32(50)36(40,41)42)24-6-2-4-8-26(24)34/h1-16H,17-18,43-44H2,(H,51,52,53)(H,54,55,56). The molecule has 14 nitrogen and oxygen atoms in total. The Morgan fingerprint density at radius 2 is 0.862 bits per heavy atom. The SMILES string of the molecule is NN=C1CC(c2ccc(-c3ccc(C4(S(=O)(=O)O)CC(=NN)C(=NC(=O)C(F)(F)F)c5ccccc54)cc3)cc2)(S(=O)(=O)O)c2ccccc2C1=NC(=O)C(F)(F)F. The van der Waals surface area contributed by atoms with Gasteiger partial charge in [-0.15, -0.1) is 0 Å². The monoisotopic (exact) mass is 848 g/mol. The van der Waals surface area contributed by atoms with Crippen molar-refractivity contribution in [2.45, 2.75) is 34.7 Å². The highest BCUT2D eigenvalue weighted by molar-refractivity contribution is 7.87. The average Bonchev–Trinajstić information content (AvgIpc) is 3.16. The van der Waals surface area contributed by atoms with Gasteiger partial charge in [0.05, 0.1) is 22.8 Å². The molecule has 4 aromatic carbocycles. The topological polar surface area (TPSA) is 244 Å². The summed E-state index contributed by atoms with van der Waals surface area (Å²) in [5.74, 6) is 5.94. The van der Waals surface area contributed by atoms with Crippen LogP contribution >= 0.6 is 0 Å². The molecule has 6 N–H and O–H groups in total. The van der Waals surface area contributed by atoms with E-state index >= 15 is 0 Å². The molecule has 0 radical (unpaired) electrons. The Bertz CT molecular complexity index is 2530. The first-order valence-corrected chi connectivity index (χ1v) is 19.2. The van der Waals surface area contributed by atoms with Gasteiger partial charge in [0, 0.05) is 24.0 Å². The molecule has 0 fully saturated rings. The van der Waals surface area contributed by atoms with Crippen molar-refractivity contribution in [1.82, 2.24) is 0 Å². The molecule has 0 saturated carbocycles. The molecule has 2 aliphatic carbocycles. The van der Waals surface area contributed by atoms with Crippen molar-refractivity contribution in [2.75, 3.05) is 0 Å². The molecule has 0 saturated heterocycles. The second-order valence-electron chi connectivity index (χ2n) is 12.9. The van der Waals surface area contributed by atoms with E-state index in [0.717, 1.165) is 0 Å². The molecular formula is C36H26F6N6O8S2. The number of amides is 2. The first kappa shape index (κ1) is 41.5. The predicted octanol–water partition coefficient (Wildman–Crippen LogP) is 4.81. The molecule has 2 unspecified atom stereocenters. The number of rotatable bonds is 5. The lowest BCUT2D eigenvalue weighted by Crippen LogP contribution is -2.46. The van der Waals surface area contributed by atoms with Crippen molar-refractivity contribution in [2.24, 2.45) is 31.9 Å². The summed E-state index contributed by atoms with van der Waals surface area (Å²) in [4.78, 5) is 30.0. The quantitative estimate of drug-likeness (QED) is 0.0924. The number of nitrogens with zero attached hydrogens (tertiary/aromatic N) is 4. The minimum absolute atomic E-state index is 0.107. The van der Waals surface area contributed by atoms with Gasteiger partial charge in [-0.2, -0.15) is 53.4 Å². The molecule has 4 aromatic rings. The van der Waals surface area contributed by atoms with Gasteiger partial charge in [-0.25, -0.2) is 9.98 Å². The smallest absolute Gasteiger partial charge is 0.323 e. The second kappa shape index (κ2) is 14.4. The largest absolute Gasteiger partial charge is 0.473 e. The lowest BCUT2D eigenvalue weighted by Gasteiger charge is -2.38. The molecule has 2 aliphatic rings. The van der Waals surface area contributed by atoms with Crippen molar-refractivity contribution in [3.8, 4) is 11.1 Å². The van der Waals surface area contributed by atoms with Gasteiger partial charge in [-0.1, -0.05) is 97.1 Å². The fourth-order valence-corrected chi connectivity index (χ4v) is 9.57. The molecule has 0 heterocycles. The fourth-order valence-electron chi connectivity index (χ4n) is 7.15. The second-order valence-corrected chi connectivity index (χ2v) is 16.2. The summed E-state index contributed by atoms with van der Waals surface area (Å²) in [5, 5.41) is 6.86. The van der Waals surface area contributed by atoms with Crippen LogP contribution in [0.5, 0.6) is 0 Å². The van der Waals surface area contributed by atoms with Gasteiger partial charge in [0.15, 0.2) is 9.49 Å². The number of nitrogens with two attached hydrogens (primary N) is 2. The van der Waals surface area contributed by atoms with E-state index in [4.69, 9.17) is 11.7 Å². The molecule has 58 heavy (non-hydrogen) atoms. The molecule has 6 rings (SSSR count). The lowest BCUT2D eigenvalue weighted by atomic mass is 9.75.